The summed E-state index contributed by atoms with van der Waals surface area (Å²) in [5, 5.41) is 14.6. The lowest BCUT2D eigenvalue weighted by Crippen LogP contribution is -2.45. The first-order valence-corrected chi connectivity index (χ1v) is 6.69. The van der Waals surface area contributed by atoms with Gasteiger partial charge in [0.25, 0.3) is 0 Å². The molecule has 1 aromatic carbocycles. The first kappa shape index (κ1) is 16.0. The van der Waals surface area contributed by atoms with Crippen molar-refractivity contribution < 1.29 is 14.7 Å². The van der Waals surface area contributed by atoms with Crippen molar-refractivity contribution in [3.05, 3.63) is 29.3 Å². The highest BCUT2D eigenvalue weighted by molar-refractivity contribution is 5.95. The topological polar surface area (TPSA) is 78.4 Å². The van der Waals surface area contributed by atoms with Crippen molar-refractivity contribution in [1.82, 2.24) is 5.32 Å². The highest BCUT2D eigenvalue weighted by Gasteiger charge is 2.20. The predicted octanol–water partition coefficient (Wildman–Crippen LogP) is 3.39. The molecule has 0 radical (unpaired) electrons. The van der Waals surface area contributed by atoms with Crippen molar-refractivity contribution in [3.8, 4) is 0 Å². The summed E-state index contributed by atoms with van der Waals surface area (Å²) >= 11 is 0. The molecule has 0 atom stereocenters. The number of hydrogen-bond donors (Lipinski definition) is 3. The van der Waals surface area contributed by atoms with Gasteiger partial charge in [-0.05, 0) is 44.9 Å². The van der Waals surface area contributed by atoms with E-state index in [1.807, 2.05) is 13.8 Å². The molecule has 5 heteroatoms. The Kier molecular flexibility index (Phi) is 5.13. The van der Waals surface area contributed by atoms with E-state index >= 15 is 0 Å². The van der Waals surface area contributed by atoms with E-state index in [-0.39, 0.29) is 17.1 Å². The maximum Gasteiger partial charge on any atom is 0.336 e. The van der Waals surface area contributed by atoms with Gasteiger partial charge in [0.2, 0.25) is 0 Å². The minimum absolute atomic E-state index is 0.190. The summed E-state index contributed by atoms with van der Waals surface area (Å²) in [5.41, 5.74) is 0.950. The van der Waals surface area contributed by atoms with E-state index in [1.165, 1.54) is 6.07 Å². The van der Waals surface area contributed by atoms with Crippen LogP contribution in [0, 0.1) is 6.92 Å². The number of nitrogens with one attached hydrogen (secondary N) is 2. The van der Waals surface area contributed by atoms with Gasteiger partial charge < -0.3 is 15.7 Å². The van der Waals surface area contributed by atoms with E-state index in [0.717, 1.165) is 12.8 Å². The number of rotatable bonds is 5. The third kappa shape index (κ3) is 4.26. The fourth-order valence-electron chi connectivity index (χ4n) is 2.15. The highest BCUT2D eigenvalue weighted by atomic mass is 16.4. The van der Waals surface area contributed by atoms with Crippen molar-refractivity contribution in [2.45, 2.75) is 46.1 Å². The molecule has 3 N–H and O–H groups in total. The number of amides is 2. The molecule has 0 aromatic heterocycles. The summed E-state index contributed by atoms with van der Waals surface area (Å²) in [6, 6.07) is 4.49. The van der Waals surface area contributed by atoms with Gasteiger partial charge in [0, 0.05) is 11.2 Å². The molecule has 0 saturated carbocycles. The first-order valence-electron chi connectivity index (χ1n) is 6.69. The van der Waals surface area contributed by atoms with Gasteiger partial charge in [0.05, 0.1) is 5.56 Å². The Morgan fingerprint density at radius 3 is 2.50 bits per heavy atom. The normalized spacial score (nSPS) is 11.0. The van der Waals surface area contributed by atoms with Crippen molar-refractivity contribution in [2.24, 2.45) is 0 Å². The van der Waals surface area contributed by atoms with Gasteiger partial charge in [-0.15, -0.1) is 0 Å². The number of anilines is 1. The van der Waals surface area contributed by atoms with Gasteiger partial charge in [-0.25, -0.2) is 9.59 Å². The lowest BCUT2D eigenvalue weighted by Gasteiger charge is -2.26. The average Bonchev–Trinajstić information content (AvgIpc) is 2.30. The average molecular weight is 278 g/mol. The van der Waals surface area contributed by atoms with Crippen molar-refractivity contribution in [2.75, 3.05) is 5.32 Å². The van der Waals surface area contributed by atoms with Crippen LogP contribution in [0.15, 0.2) is 18.2 Å². The molecule has 2 amide bonds. The zero-order valence-electron chi connectivity index (χ0n) is 12.4. The number of benzene rings is 1. The molecule has 0 spiro atoms. The minimum Gasteiger partial charge on any atom is -0.478 e. The van der Waals surface area contributed by atoms with E-state index in [4.69, 9.17) is 5.11 Å². The summed E-state index contributed by atoms with van der Waals surface area (Å²) in [5.74, 6) is -1.00. The second kappa shape index (κ2) is 6.41. The maximum atomic E-state index is 12.0. The fourth-order valence-corrected chi connectivity index (χ4v) is 2.15. The van der Waals surface area contributed by atoms with Crippen molar-refractivity contribution >= 4 is 17.7 Å². The standard InChI is InChI=1S/C15H22N2O3/c1-5-9-15(3,4)17-14(20)16-12-8-6-7-11(10(12)2)13(18)19/h6-8H,5,9H2,1-4H3,(H,18,19)(H2,16,17,20). The van der Waals surface area contributed by atoms with E-state index in [0.29, 0.717) is 11.3 Å². The van der Waals surface area contributed by atoms with E-state index in [1.54, 1.807) is 19.1 Å². The number of carbonyl (C=O) groups is 2. The number of hydrogen-bond acceptors (Lipinski definition) is 2. The van der Waals surface area contributed by atoms with Crippen LogP contribution in [-0.4, -0.2) is 22.6 Å². The lowest BCUT2D eigenvalue weighted by atomic mass is 9.99. The molecule has 0 heterocycles. The Hall–Kier alpha value is -2.04. The summed E-state index contributed by atoms with van der Waals surface area (Å²) in [6.07, 6.45) is 1.84. The van der Waals surface area contributed by atoms with Gasteiger partial charge in [0.1, 0.15) is 0 Å². The SMILES string of the molecule is CCCC(C)(C)NC(=O)Nc1cccc(C(=O)O)c1C. The molecular weight excluding hydrogens is 256 g/mol. The Labute approximate surface area is 119 Å². The molecule has 0 aliphatic carbocycles. The first-order chi connectivity index (χ1) is 9.26. The van der Waals surface area contributed by atoms with Crippen molar-refractivity contribution in [1.29, 1.82) is 0 Å². The molecule has 0 aliphatic heterocycles. The van der Waals surface area contributed by atoms with E-state index < -0.39 is 5.97 Å². The van der Waals surface area contributed by atoms with Gasteiger partial charge in [-0.2, -0.15) is 0 Å². The summed E-state index contributed by atoms with van der Waals surface area (Å²) in [4.78, 5) is 23.0. The van der Waals surface area contributed by atoms with Crippen molar-refractivity contribution in [3.63, 3.8) is 0 Å². The monoisotopic (exact) mass is 278 g/mol. The smallest absolute Gasteiger partial charge is 0.336 e. The second-order valence-corrected chi connectivity index (χ2v) is 5.50. The molecule has 1 aromatic rings. The lowest BCUT2D eigenvalue weighted by molar-refractivity contribution is 0.0696. The van der Waals surface area contributed by atoms with E-state index in [9.17, 15) is 9.59 Å². The molecule has 5 nitrogen and oxygen atoms in total. The van der Waals surface area contributed by atoms with Gasteiger partial charge in [-0.1, -0.05) is 19.4 Å². The zero-order valence-corrected chi connectivity index (χ0v) is 12.4. The highest BCUT2D eigenvalue weighted by Crippen LogP contribution is 2.19. The van der Waals surface area contributed by atoms with Crippen LogP contribution >= 0.6 is 0 Å². The molecule has 110 valence electrons. The number of aromatic carboxylic acids is 1. The van der Waals surface area contributed by atoms with Crippen LogP contribution in [-0.2, 0) is 0 Å². The number of carboxylic acids is 1. The Morgan fingerprint density at radius 1 is 1.30 bits per heavy atom. The van der Waals surface area contributed by atoms with Crippen LogP contribution in [0.5, 0.6) is 0 Å². The quantitative estimate of drug-likeness (QED) is 0.772. The summed E-state index contributed by atoms with van der Waals surface area (Å²) in [7, 11) is 0. The predicted molar refractivity (Wildman–Crippen MR) is 79.3 cm³/mol. The van der Waals surface area contributed by atoms with Crippen LogP contribution in [0.4, 0.5) is 10.5 Å². The molecule has 20 heavy (non-hydrogen) atoms. The molecule has 1 rings (SSSR count). The summed E-state index contributed by atoms with van der Waals surface area (Å²) < 4.78 is 0. The second-order valence-electron chi connectivity index (χ2n) is 5.50. The molecule has 0 saturated heterocycles. The summed E-state index contributed by atoms with van der Waals surface area (Å²) in [6.45, 7) is 7.64. The van der Waals surface area contributed by atoms with E-state index in [2.05, 4.69) is 17.6 Å². The number of urea groups is 1. The Balaban J connectivity index is 2.82. The molecular formula is C15H22N2O3. The zero-order chi connectivity index (χ0) is 15.3. The third-order valence-electron chi connectivity index (χ3n) is 3.14. The third-order valence-corrected chi connectivity index (χ3v) is 3.14. The van der Waals surface area contributed by atoms with Crippen LogP contribution in [0.3, 0.4) is 0 Å². The van der Waals surface area contributed by atoms with Gasteiger partial charge in [-0.3, -0.25) is 0 Å². The number of carboxylic acid groups (broad SMARTS) is 1. The Morgan fingerprint density at radius 2 is 1.95 bits per heavy atom. The Bertz CT molecular complexity index is 510. The maximum absolute atomic E-state index is 12.0. The molecule has 0 unspecified atom stereocenters. The van der Waals surface area contributed by atoms with Crippen LogP contribution in [0.25, 0.3) is 0 Å². The molecule has 0 bridgehead atoms. The van der Waals surface area contributed by atoms with Crippen LogP contribution < -0.4 is 10.6 Å². The molecule has 0 aliphatic rings. The van der Waals surface area contributed by atoms with Gasteiger partial charge in [0.15, 0.2) is 0 Å². The molecule has 0 fully saturated rings. The van der Waals surface area contributed by atoms with Gasteiger partial charge >= 0.3 is 12.0 Å². The fraction of sp³-hybridized carbons (Fsp3) is 0.467. The largest absolute Gasteiger partial charge is 0.478 e. The minimum atomic E-state index is -1.00. The van der Waals surface area contributed by atoms with Crippen LogP contribution in [0.1, 0.15) is 49.5 Å². The van der Waals surface area contributed by atoms with Crippen LogP contribution in [0.2, 0.25) is 0 Å². The number of carbonyl (C=O) groups excluding carboxylic acids is 1.